The quantitative estimate of drug-likeness (QED) is 0.134. The van der Waals surface area contributed by atoms with Gasteiger partial charge in [0.1, 0.15) is 21.6 Å². The predicted molar refractivity (Wildman–Crippen MR) is 279 cm³/mol. The molecule has 8 aromatic rings. The van der Waals surface area contributed by atoms with E-state index in [2.05, 4.69) is 112 Å². The number of benzene rings is 4. The molecule has 15 heteroatoms. The van der Waals surface area contributed by atoms with Gasteiger partial charge in [0.05, 0.1) is 32.9 Å². The molecule has 4 aromatic heterocycles. The van der Waals surface area contributed by atoms with E-state index in [0.29, 0.717) is 0 Å². The number of furan rings is 2. The second kappa shape index (κ2) is 22.7. The molecule has 0 saturated heterocycles. The molecule has 323 valence electrons. The summed E-state index contributed by atoms with van der Waals surface area (Å²) >= 11 is 21.2. The number of aromatic nitrogens is 2. The number of hydrogen-bond acceptors (Lipinski definition) is 8. The van der Waals surface area contributed by atoms with Crippen LogP contribution >= 0.6 is 111 Å². The minimum absolute atomic E-state index is 0. The number of allylic oxidation sites excluding steroid dienone is 2. The maximum atomic E-state index is 5.78. The van der Waals surface area contributed by atoms with Crippen molar-refractivity contribution in [1.82, 2.24) is 9.97 Å². The monoisotopic (exact) mass is 1220 g/mol. The molecule has 6 heterocycles. The second-order valence-corrected chi connectivity index (χ2v) is 21.2. The number of rotatable bonds is 10. The molecule has 0 spiro atoms. The number of nitrogens with zero attached hydrogens (tertiary/aromatic N) is 4. The summed E-state index contributed by atoms with van der Waals surface area (Å²) in [6.07, 6.45) is 7.39. The topological polar surface area (TPSA) is 79.2 Å². The van der Waals surface area contributed by atoms with E-state index in [0.717, 1.165) is 103 Å². The molecule has 1 radical (unpaired) electrons. The van der Waals surface area contributed by atoms with Gasteiger partial charge in [-0.1, -0.05) is 150 Å². The Labute approximate surface area is 437 Å². The van der Waals surface area contributed by atoms with Crippen molar-refractivity contribution >= 4 is 132 Å². The van der Waals surface area contributed by atoms with Gasteiger partial charge in [-0.15, -0.1) is 34.9 Å². The summed E-state index contributed by atoms with van der Waals surface area (Å²) in [7, 11) is 0. The Hall–Kier alpha value is -3.87. The summed E-state index contributed by atoms with van der Waals surface area (Å²) in [6, 6.07) is 52.5. The van der Waals surface area contributed by atoms with Crippen molar-refractivity contribution in [3.8, 4) is 0 Å². The van der Waals surface area contributed by atoms with Crippen LogP contribution < -0.4 is 9.97 Å². The van der Waals surface area contributed by atoms with Gasteiger partial charge in [-0.25, -0.2) is 9.98 Å². The summed E-state index contributed by atoms with van der Waals surface area (Å²) in [6.45, 7) is 0. The van der Waals surface area contributed by atoms with Crippen LogP contribution in [0.15, 0.2) is 260 Å². The summed E-state index contributed by atoms with van der Waals surface area (Å²) in [5, 5.41) is 3.61. The third-order valence-corrected chi connectivity index (χ3v) is 16.7. The van der Waals surface area contributed by atoms with E-state index in [1.165, 1.54) is 0 Å². The van der Waals surface area contributed by atoms with Gasteiger partial charge in [0, 0.05) is 39.7 Å². The molecule has 6 nitrogen and oxygen atoms in total. The van der Waals surface area contributed by atoms with E-state index in [1.807, 2.05) is 121 Å². The van der Waals surface area contributed by atoms with E-state index < -0.39 is 0 Å². The zero-order valence-corrected chi connectivity index (χ0v) is 44.1. The van der Waals surface area contributed by atoms with Gasteiger partial charge in [-0.2, -0.15) is 0 Å². The Kier molecular flexibility index (Phi) is 16.7. The minimum Gasteiger partial charge on any atom is -0.650 e. The first-order chi connectivity index (χ1) is 31.3. The molecule has 65 heavy (non-hydrogen) atoms. The van der Waals surface area contributed by atoms with Gasteiger partial charge in [0.15, 0.2) is 0 Å². The van der Waals surface area contributed by atoms with E-state index in [1.54, 1.807) is 59.6 Å². The van der Waals surface area contributed by atoms with E-state index >= 15 is 0 Å². The van der Waals surface area contributed by atoms with Gasteiger partial charge < -0.3 is 18.8 Å². The molecule has 0 amide bonds. The van der Waals surface area contributed by atoms with Gasteiger partial charge in [-0.3, -0.25) is 0 Å². The van der Waals surface area contributed by atoms with Crippen LogP contribution in [0.5, 0.6) is 0 Å². The van der Waals surface area contributed by atoms with Crippen LogP contribution in [0.25, 0.3) is 11.1 Å². The van der Waals surface area contributed by atoms with Crippen LogP contribution in [0, 0.1) is 0 Å². The zero-order chi connectivity index (χ0) is 43.8. The number of aliphatic imine (C=N–C) groups is 2. The number of hydrogen-bond donors (Lipinski definition) is 0. The largest absolute Gasteiger partial charge is 2.00 e. The van der Waals surface area contributed by atoms with E-state index in [4.69, 9.17) is 28.8 Å². The van der Waals surface area contributed by atoms with Gasteiger partial charge in [-0.05, 0) is 117 Å². The van der Waals surface area contributed by atoms with Crippen molar-refractivity contribution in [2.75, 3.05) is 0 Å². The third-order valence-electron chi connectivity index (χ3n) is 9.15. The van der Waals surface area contributed by atoms with E-state index in [9.17, 15) is 0 Å². The Morgan fingerprint density at radius 2 is 0.769 bits per heavy atom. The maximum absolute atomic E-state index is 5.78. The third kappa shape index (κ3) is 12.0. The molecule has 10 rings (SSSR count). The number of halogens is 4. The molecule has 0 fully saturated rings. The molecule has 0 unspecified atom stereocenters. The van der Waals surface area contributed by atoms with Crippen molar-refractivity contribution in [2.24, 2.45) is 9.98 Å². The standard InChI is InChI=1S/2C25H15Br2N2OS2.Co/c2*26-18-14-20(28-24(18)31-16-8-3-1-4-9-16)23(22-12-7-13-30-22)21-15-19(27)25(29-21)32-17-10-5-2-6-11-17;/h2*1-15H;/q2*-1;+2/b2*23-20+;. The van der Waals surface area contributed by atoms with Crippen LogP contribution in [0.2, 0.25) is 0 Å². The van der Waals surface area contributed by atoms with Crippen LogP contribution in [-0.2, 0) is 16.8 Å². The fourth-order valence-electron chi connectivity index (χ4n) is 6.32. The average Bonchev–Trinajstić information content (AvgIpc) is 4.20. The second-order valence-electron chi connectivity index (χ2n) is 13.5. The first-order valence-electron chi connectivity index (χ1n) is 19.4. The Morgan fingerprint density at radius 3 is 1.09 bits per heavy atom. The van der Waals surface area contributed by atoms with Crippen LogP contribution in [0.1, 0.15) is 22.9 Å². The Morgan fingerprint density at radius 1 is 0.431 bits per heavy atom. The Balaban J connectivity index is 0.000000175. The molecule has 0 N–H and O–H groups in total. The van der Waals surface area contributed by atoms with Gasteiger partial charge in [0.2, 0.25) is 0 Å². The average molecular weight is 1230 g/mol. The first-order valence-corrected chi connectivity index (χ1v) is 25.9. The smallest absolute Gasteiger partial charge is 0.650 e. The number of thioether (sulfide) groups is 2. The van der Waals surface area contributed by atoms with Crippen LogP contribution in [-0.4, -0.2) is 10.1 Å². The van der Waals surface area contributed by atoms with Crippen molar-refractivity contribution in [3.05, 3.63) is 235 Å². The molecule has 0 aliphatic carbocycles. The van der Waals surface area contributed by atoms with Crippen molar-refractivity contribution < 1.29 is 25.6 Å². The Bertz CT molecular complexity index is 2870. The van der Waals surface area contributed by atoms with Gasteiger partial charge in [0.25, 0.3) is 0 Å². The fourth-order valence-corrected chi connectivity index (χ4v) is 11.8. The van der Waals surface area contributed by atoms with Crippen molar-refractivity contribution in [3.63, 3.8) is 0 Å². The summed E-state index contributed by atoms with van der Waals surface area (Å²) < 4.78 is 15.3. The summed E-state index contributed by atoms with van der Waals surface area (Å²) in [5.74, 6) is 1.46. The first kappa shape index (κ1) is 47.6. The predicted octanol–water partition coefficient (Wildman–Crippen LogP) is 16.8. The minimum atomic E-state index is 0. The summed E-state index contributed by atoms with van der Waals surface area (Å²) in [4.78, 5) is 24.2. The molecule has 2 aliphatic rings. The SMILES string of the molecule is BrC1=C/C(=C(/c2cc(Br)c(Sc3ccccc3)[n-]2)c2ccco2)N=C1Sc1ccccc1.BrC1=C/C(=C(/c2cc(Br)c(Sc3ccccc3)[n-]2)c2ccco2)N=C1Sc1ccccc1.[Co+2]. The zero-order valence-electron chi connectivity index (χ0n) is 33.4. The fraction of sp³-hybridized carbons (Fsp3) is 0. The molecular formula is C50H30Br4CoN4O2S4. The molecular weight excluding hydrogens is 1200 g/mol. The van der Waals surface area contributed by atoms with Crippen LogP contribution in [0.4, 0.5) is 0 Å². The van der Waals surface area contributed by atoms with Crippen molar-refractivity contribution in [2.45, 2.75) is 29.6 Å². The normalized spacial score (nSPS) is 14.7. The van der Waals surface area contributed by atoms with Crippen LogP contribution in [0.3, 0.4) is 0 Å². The van der Waals surface area contributed by atoms with E-state index in [-0.39, 0.29) is 16.8 Å². The van der Waals surface area contributed by atoms with Crippen molar-refractivity contribution in [1.29, 1.82) is 0 Å². The molecule has 0 atom stereocenters. The molecule has 0 saturated carbocycles. The molecule has 0 bridgehead atoms. The molecule has 4 aromatic carbocycles. The molecule has 2 aliphatic heterocycles. The maximum Gasteiger partial charge on any atom is 2.00 e. The summed E-state index contributed by atoms with van der Waals surface area (Å²) in [5.41, 5.74) is 4.96. The van der Waals surface area contributed by atoms with Gasteiger partial charge >= 0.3 is 16.8 Å².